The number of phenols is 1. The van der Waals surface area contributed by atoms with Crippen molar-refractivity contribution >= 4 is 17.3 Å². The number of hydrogen-bond acceptors (Lipinski definition) is 3. The Morgan fingerprint density at radius 2 is 2.00 bits per heavy atom. The van der Waals surface area contributed by atoms with Gasteiger partial charge in [0.25, 0.3) is 0 Å². The predicted molar refractivity (Wildman–Crippen MR) is 82.7 cm³/mol. The second kappa shape index (κ2) is 7.06. The second-order valence-corrected chi connectivity index (χ2v) is 4.89. The Kier molecular flexibility index (Phi) is 5.13. The molecule has 0 aromatic heterocycles. The van der Waals surface area contributed by atoms with Crippen LogP contribution in [0.3, 0.4) is 0 Å². The van der Waals surface area contributed by atoms with Gasteiger partial charge < -0.3 is 15.2 Å². The highest BCUT2D eigenvalue weighted by Gasteiger charge is 2.04. The van der Waals surface area contributed by atoms with Crippen LogP contribution in [-0.2, 0) is 6.54 Å². The minimum atomic E-state index is 0.0992. The number of anilines is 1. The Balaban J connectivity index is 2.04. The van der Waals surface area contributed by atoms with Gasteiger partial charge in [-0.3, -0.25) is 0 Å². The number of rotatable bonds is 6. The highest BCUT2D eigenvalue weighted by atomic mass is 35.5. The number of phenolic OH excluding ortho intramolecular Hbond substituents is 1. The van der Waals surface area contributed by atoms with Crippen molar-refractivity contribution in [3.63, 3.8) is 0 Å². The van der Waals surface area contributed by atoms with Gasteiger partial charge in [0.15, 0.2) is 0 Å². The van der Waals surface area contributed by atoms with E-state index in [-0.39, 0.29) is 5.75 Å². The lowest BCUT2D eigenvalue weighted by atomic mass is 10.2. The molecule has 2 aromatic rings. The molecule has 0 aliphatic rings. The van der Waals surface area contributed by atoms with Crippen LogP contribution in [0.2, 0.25) is 5.02 Å². The van der Waals surface area contributed by atoms with Crippen molar-refractivity contribution in [3.8, 4) is 11.5 Å². The SMILES string of the molecule is CCCOc1ccccc1NCc1ccc(O)c(Cl)c1. The Bertz CT molecular complexity index is 572. The normalized spacial score (nSPS) is 10.3. The fraction of sp³-hybridized carbons (Fsp3) is 0.250. The van der Waals surface area contributed by atoms with Gasteiger partial charge in [-0.1, -0.05) is 36.7 Å². The second-order valence-electron chi connectivity index (χ2n) is 4.48. The molecule has 0 fully saturated rings. The van der Waals surface area contributed by atoms with E-state index < -0.39 is 0 Å². The van der Waals surface area contributed by atoms with E-state index in [2.05, 4.69) is 12.2 Å². The lowest BCUT2D eigenvalue weighted by Crippen LogP contribution is -2.03. The summed E-state index contributed by atoms with van der Waals surface area (Å²) in [6.07, 6.45) is 0.974. The largest absolute Gasteiger partial charge is 0.506 e. The molecule has 0 spiro atoms. The van der Waals surface area contributed by atoms with E-state index >= 15 is 0 Å². The van der Waals surface area contributed by atoms with Gasteiger partial charge in [0.1, 0.15) is 11.5 Å². The molecule has 0 aliphatic carbocycles. The van der Waals surface area contributed by atoms with Crippen molar-refractivity contribution in [1.82, 2.24) is 0 Å². The zero-order chi connectivity index (χ0) is 14.4. The van der Waals surface area contributed by atoms with Gasteiger partial charge in [-0.05, 0) is 36.2 Å². The zero-order valence-corrected chi connectivity index (χ0v) is 12.2. The minimum absolute atomic E-state index is 0.0992. The number of halogens is 1. The summed E-state index contributed by atoms with van der Waals surface area (Å²) < 4.78 is 5.69. The van der Waals surface area contributed by atoms with Crippen molar-refractivity contribution in [1.29, 1.82) is 0 Å². The van der Waals surface area contributed by atoms with Crippen LogP contribution >= 0.6 is 11.6 Å². The third-order valence-corrected chi connectivity index (χ3v) is 3.15. The molecule has 0 amide bonds. The summed E-state index contributed by atoms with van der Waals surface area (Å²) in [5.41, 5.74) is 1.95. The molecular formula is C16H18ClNO2. The van der Waals surface area contributed by atoms with Gasteiger partial charge in [0.2, 0.25) is 0 Å². The summed E-state index contributed by atoms with van der Waals surface area (Å²) in [6.45, 7) is 3.39. The third kappa shape index (κ3) is 3.81. The molecule has 0 unspecified atom stereocenters. The van der Waals surface area contributed by atoms with Gasteiger partial charge in [-0.15, -0.1) is 0 Å². The van der Waals surface area contributed by atoms with Crippen molar-refractivity contribution in [2.24, 2.45) is 0 Å². The van der Waals surface area contributed by atoms with Gasteiger partial charge in [0.05, 0.1) is 17.3 Å². The van der Waals surface area contributed by atoms with Crippen LogP contribution < -0.4 is 10.1 Å². The van der Waals surface area contributed by atoms with Crippen molar-refractivity contribution in [2.45, 2.75) is 19.9 Å². The first-order chi connectivity index (χ1) is 9.70. The summed E-state index contributed by atoms with van der Waals surface area (Å²) in [7, 11) is 0. The highest BCUT2D eigenvalue weighted by Crippen LogP contribution is 2.26. The van der Waals surface area contributed by atoms with E-state index in [1.807, 2.05) is 30.3 Å². The quantitative estimate of drug-likeness (QED) is 0.826. The van der Waals surface area contributed by atoms with Crippen LogP contribution in [0.25, 0.3) is 0 Å². The van der Waals surface area contributed by atoms with E-state index in [0.29, 0.717) is 18.2 Å². The molecule has 3 nitrogen and oxygen atoms in total. The maximum atomic E-state index is 9.40. The predicted octanol–water partition coefficient (Wildman–Crippen LogP) is 4.45. The lowest BCUT2D eigenvalue weighted by Gasteiger charge is -2.13. The number of hydrogen-bond donors (Lipinski definition) is 2. The number of aromatic hydroxyl groups is 1. The maximum Gasteiger partial charge on any atom is 0.142 e. The smallest absolute Gasteiger partial charge is 0.142 e. The standard InChI is InChI=1S/C16H18ClNO2/c1-2-9-20-16-6-4-3-5-14(16)18-11-12-7-8-15(19)13(17)10-12/h3-8,10,18-19H,2,9,11H2,1H3. The zero-order valence-electron chi connectivity index (χ0n) is 11.4. The van der Waals surface area contributed by atoms with E-state index in [1.165, 1.54) is 0 Å². The fourth-order valence-electron chi connectivity index (χ4n) is 1.81. The molecule has 2 rings (SSSR count). The number of para-hydroxylation sites is 2. The molecule has 0 aliphatic heterocycles. The Morgan fingerprint density at radius 3 is 2.75 bits per heavy atom. The Morgan fingerprint density at radius 1 is 1.20 bits per heavy atom. The van der Waals surface area contributed by atoms with Gasteiger partial charge >= 0.3 is 0 Å². The summed E-state index contributed by atoms with van der Waals surface area (Å²) in [5, 5.41) is 13.1. The van der Waals surface area contributed by atoms with Crippen LogP contribution in [0.15, 0.2) is 42.5 Å². The maximum absolute atomic E-state index is 9.40. The Labute approximate surface area is 124 Å². The third-order valence-electron chi connectivity index (χ3n) is 2.84. The minimum Gasteiger partial charge on any atom is -0.506 e. The number of benzene rings is 2. The van der Waals surface area contributed by atoms with Crippen molar-refractivity contribution in [3.05, 3.63) is 53.1 Å². The molecule has 106 valence electrons. The molecule has 4 heteroatoms. The topological polar surface area (TPSA) is 41.5 Å². The Hall–Kier alpha value is -1.87. The van der Waals surface area contributed by atoms with Gasteiger partial charge in [0, 0.05) is 6.54 Å². The average Bonchev–Trinajstić information content (AvgIpc) is 2.47. The van der Waals surface area contributed by atoms with Crippen LogP contribution in [-0.4, -0.2) is 11.7 Å². The van der Waals surface area contributed by atoms with Crippen molar-refractivity contribution in [2.75, 3.05) is 11.9 Å². The van der Waals surface area contributed by atoms with Crippen LogP contribution in [0.5, 0.6) is 11.5 Å². The lowest BCUT2D eigenvalue weighted by molar-refractivity contribution is 0.319. The molecule has 0 radical (unpaired) electrons. The van der Waals surface area contributed by atoms with E-state index in [4.69, 9.17) is 16.3 Å². The summed E-state index contributed by atoms with van der Waals surface area (Å²) in [6, 6.07) is 13.0. The number of nitrogens with one attached hydrogen (secondary N) is 1. The van der Waals surface area contributed by atoms with E-state index in [1.54, 1.807) is 12.1 Å². The highest BCUT2D eigenvalue weighted by molar-refractivity contribution is 6.32. The number of ether oxygens (including phenoxy) is 1. The van der Waals surface area contributed by atoms with Crippen LogP contribution in [0.4, 0.5) is 5.69 Å². The molecule has 0 heterocycles. The molecule has 0 atom stereocenters. The average molecular weight is 292 g/mol. The summed E-state index contributed by atoms with van der Waals surface area (Å²) in [4.78, 5) is 0. The first kappa shape index (κ1) is 14.5. The fourth-order valence-corrected chi connectivity index (χ4v) is 2.01. The molecule has 0 saturated carbocycles. The van der Waals surface area contributed by atoms with Gasteiger partial charge in [-0.25, -0.2) is 0 Å². The molecule has 2 N–H and O–H groups in total. The molecule has 20 heavy (non-hydrogen) atoms. The first-order valence-electron chi connectivity index (χ1n) is 6.63. The summed E-state index contributed by atoms with van der Waals surface area (Å²) in [5.74, 6) is 0.946. The van der Waals surface area contributed by atoms with Gasteiger partial charge in [-0.2, -0.15) is 0 Å². The monoisotopic (exact) mass is 291 g/mol. The molecule has 0 saturated heterocycles. The summed E-state index contributed by atoms with van der Waals surface area (Å²) >= 11 is 5.89. The van der Waals surface area contributed by atoms with E-state index in [9.17, 15) is 5.11 Å². The molecule has 2 aromatic carbocycles. The molecular weight excluding hydrogens is 274 g/mol. The first-order valence-corrected chi connectivity index (χ1v) is 7.01. The van der Waals surface area contributed by atoms with Crippen LogP contribution in [0, 0.1) is 0 Å². The molecule has 0 bridgehead atoms. The van der Waals surface area contributed by atoms with E-state index in [0.717, 1.165) is 23.4 Å². The van der Waals surface area contributed by atoms with Crippen molar-refractivity contribution < 1.29 is 9.84 Å². The van der Waals surface area contributed by atoms with Crippen LogP contribution in [0.1, 0.15) is 18.9 Å².